The summed E-state index contributed by atoms with van der Waals surface area (Å²) in [7, 11) is 0. The van der Waals surface area contributed by atoms with E-state index in [9.17, 15) is 5.11 Å². The zero-order chi connectivity index (χ0) is 23.9. The predicted octanol–water partition coefficient (Wildman–Crippen LogP) is 9.19. The van der Waals surface area contributed by atoms with Crippen LogP contribution >= 0.6 is 23.2 Å². The van der Waals surface area contributed by atoms with Crippen molar-refractivity contribution in [3.63, 3.8) is 0 Å². The second-order valence-electron chi connectivity index (χ2n) is 8.25. The Hall–Kier alpha value is -3.26. The number of benzene rings is 4. The van der Waals surface area contributed by atoms with Crippen LogP contribution in [0.2, 0.25) is 10.0 Å². The summed E-state index contributed by atoms with van der Waals surface area (Å²) in [5.74, 6) is 0.0724. The zero-order valence-electron chi connectivity index (χ0n) is 19.0. The summed E-state index contributed by atoms with van der Waals surface area (Å²) >= 11 is 13.0. The molecule has 170 valence electrons. The first-order chi connectivity index (χ1) is 16.5. The van der Waals surface area contributed by atoms with Gasteiger partial charge in [-0.3, -0.25) is 0 Å². The van der Waals surface area contributed by atoms with Gasteiger partial charge in [0.2, 0.25) is 0 Å². The van der Waals surface area contributed by atoms with E-state index in [-0.39, 0.29) is 5.75 Å². The van der Waals surface area contributed by atoms with E-state index in [1.807, 2.05) is 61.5 Å². The zero-order valence-corrected chi connectivity index (χ0v) is 20.5. The van der Waals surface area contributed by atoms with E-state index >= 15 is 0 Å². The second kappa shape index (κ2) is 11.2. The molecular formula is C31H26Cl2O. The smallest absolute Gasteiger partial charge is 0.142 e. The summed E-state index contributed by atoms with van der Waals surface area (Å²) in [6.07, 6.45) is 9.87. The summed E-state index contributed by atoms with van der Waals surface area (Å²) in [5, 5.41) is 11.8. The molecule has 0 radical (unpaired) electrons. The van der Waals surface area contributed by atoms with Crippen LogP contribution in [0, 0.1) is 6.92 Å². The minimum absolute atomic E-state index is 0.0724. The maximum absolute atomic E-state index is 10.7. The average molecular weight is 485 g/mol. The van der Waals surface area contributed by atoms with E-state index in [1.54, 1.807) is 0 Å². The fourth-order valence-electron chi connectivity index (χ4n) is 3.88. The average Bonchev–Trinajstić information content (AvgIpc) is 2.85. The van der Waals surface area contributed by atoms with Crippen LogP contribution in [0.3, 0.4) is 0 Å². The molecule has 34 heavy (non-hydrogen) atoms. The van der Waals surface area contributed by atoms with E-state index in [4.69, 9.17) is 23.2 Å². The molecule has 0 aliphatic carbocycles. The highest BCUT2D eigenvalue weighted by atomic mass is 35.5. The van der Waals surface area contributed by atoms with Gasteiger partial charge in [-0.15, -0.1) is 0 Å². The second-order valence-corrected chi connectivity index (χ2v) is 9.06. The first-order valence-corrected chi connectivity index (χ1v) is 12.0. The number of aromatic hydroxyl groups is 1. The third-order valence-corrected chi connectivity index (χ3v) is 6.48. The molecule has 4 rings (SSSR count). The molecule has 0 aromatic heterocycles. The molecule has 3 heteroatoms. The Balaban J connectivity index is 1.61. The molecule has 0 aliphatic rings. The monoisotopic (exact) mass is 484 g/mol. The van der Waals surface area contributed by atoms with Crippen LogP contribution in [0.5, 0.6) is 5.75 Å². The molecule has 0 atom stereocenters. The van der Waals surface area contributed by atoms with E-state index in [0.717, 1.165) is 39.8 Å². The predicted molar refractivity (Wildman–Crippen MR) is 147 cm³/mol. The standard InChI is InChI=1S/C31H26Cl2O/c1-22-26(17-9-15-24-12-6-3-7-13-24)20-27(21-29(22)32)28-18-25(19-30(33)31(28)34)16-8-14-23-10-4-2-5-11-23/h2-15,18-21,34H,16-17H2,1H3/b14-8+,15-9+. The maximum Gasteiger partial charge on any atom is 0.142 e. The Labute approximate surface area is 211 Å². The Morgan fingerprint density at radius 1 is 0.706 bits per heavy atom. The van der Waals surface area contributed by atoms with Crippen molar-refractivity contribution in [2.75, 3.05) is 0 Å². The molecule has 4 aromatic rings. The van der Waals surface area contributed by atoms with Crippen molar-refractivity contribution in [1.82, 2.24) is 0 Å². The Morgan fingerprint density at radius 3 is 1.91 bits per heavy atom. The molecule has 0 spiro atoms. The molecule has 0 heterocycles. The van der Waals surface area contributed by atoms with Crippen LogP contribution < -0.4 is 0 Å². The molecule has 1 N–H and O–H groups in total. The maximum atomic E-state index is 10.7. The Morgan fingerprint density at radius 2 is 1.29 bits per heavy atom. The number of allylic oxidation sites excluding steroid dienone is 2. The SMILES string of the molecule is Cc1c(Cl)cc(-c2cc(C/C=C/c3ccccc3)cc(Cl)c2O)cc1C/C=C/c1ccccc1. The molecule has 0 aliphatic heterocycles. The highest BCUT2D eigenvalue weighted by molar-refractivity contribution is 6.33. The van der Waals surface area contributed by atoms with Gasteiger partial charge in [0, 0.05) is 10.6 Å². The Bertz CT molecular complexity index is 1320. The summed E-state index contributed by atoms with van der Waals surface area (Å²) in [4.78, 5) is 0. The largest absolute Gasteiger partial charge is 0.506 e. The van der Waals surface area contributed by atoms with Gasteiger partial charge in [0.1, 0.15) is 5.75 Å². The van der Waals surface area contributed by atoms with Crippen LogP contribution in [0.25, 0.3) is 23.3 Å². The van der Waals surface area contributed by atoms with Gasteiger partial charge >= 0.3 is 0 Å². The van der Waals surface area contributed by atoms with Crippen molar-refractivity contribution in [1.29, 1.82) is 0 Å². The van der Waals surface area contributed by atoms with E-state index in [2.05, 4.69) is 54.6 Å². The van der Waals surface area contributed by atoms with Gasteiger partial charge < -0.3 is 5.11 Å². The summed E-state index contributed by atoms with van der Waals surface area (Å²) < 4.78 is 0. The van der Waals surface area contributed by atoms with E-state index in [0.29, 0.717) is 22.0 Å². The van der Waals surface area contributed by atoms with Crippen LogP contribution in [-0.4, -0.2) is 5.11 Å². The summed E-state index contributed by atoms with van der Waals surface area (Å²) in [6, 6.07) is 28.2. The molecule has 0 fully saturated rings. The number of hydrogen-bond donors (Lipinski definition) is 1. The number of rotatable bonds is 7. The van der Waals surface area contributed by atoms with Gasteiger partial charge in [-0.1, -0.05) is 114 Å². The van der Waals surface area contributed by atoms with Crippen molar-refractivity contribution in [3.05, 3.63) is 135 Å². The van der Waals surface area contributed by atoms with Crippen LogP contribution in [-0.2, 0) is 12.8 Å². The fourth-order valence-corrected chi connectivity index (χ4v) is 4.36. The third-order valence-electron chi connectivity index (χ3n) is 5.80. The third kappa shape index (κ3) is 5.99. The lowest BCUT2D eigenvalue weighted by Crippen LogP contribution is -1.93. The minimum atomic E-state index is 0.0724. The molecule has 0 bridgehead atoms. The highest BCUT2D eigenvalue weighted by Gasteiger charge is 2.13. The van der Waals surface area contributed by atoms with Gasteiger partial charge in [0.05, 0.1) is 5.02 Å². The number of phenolic OH excluding ortho intramolecular Hbond substituents is 1. The molecule has 0 saturated carbocycles. The van der Waals surface area contributed by atoms with Gasteiger partial charge in [-0.25, -0.2) is 0 Å². The van der Waals surface area contributed by atoms with Gasteiger partial charge in [0.25, 0.3) is 0 Å². The topological polar surface area (TPSA) is 20.2 Å². The number of phenols is 1. The minimum Gasteiger partial charge on any atom is -0.506 e. The van der Waals surface area contributed by atoms with Gasteiger partial charge in [-0.2, -0.15) is 0 Å². The highest BCUT2D eigenvalue weighted by Crippen LogP contribution is 2.39. The lowest BCUT2D eigenvalue weighted by Gasteiger charge is -2.13. The number of halogens is 2. The van der Waals surface area contributed by atoms with E-state index in [1.165, 1.54) is 0 Å². The van der Waals surface area contributed by atoms with Crippen LogP contribution in [0.15, 0.2) is 97.1 Å². The quantitative estimate of drug-likeness (QED) is 0.277. The molecular weight excluding hydrogens is 459 g/mol. The lowest BCUT2D eigenvalue weighted by atomic mass is 9.95. The molecule has 4 aromatic carbocycles. The van der Waals surface area contributed by atoms with Gasteiger partial charge in [0.15, 0.2) is 0 Å². The molecule has 1 nitrogen and oxygen atoms in total. The van der Waals surface area contributed by atoms with Crippen molar-refractivity contribution in [3.8, 4) is 16.9 Å². The summed E-state index contributed by atoms with van der Waals surface area (Å²) in [5.41, 5.74) is 7.01. The fraction of sp³-hybridized carbons (Fsp3) is 0.0968. The van der Waals surface area contributed by atoms with Crippen molar-refractivity contribution in [2.45, 2.75) is 19.8 Å². The summed E-state index contributed by atoms with van der Waals surface area (Å²) in [6.45, 7) is 2.02. The van der Waals surface area contributed by atoms with Crippen molar-refractivity contribution in [2.24, 2.45) is 0 Å². The molecule has 0 amide bonds. The molecule has 0 unspecified atom stereocenters. The van der Waals surface area contributed by atoms with Crippen molar-refractivity contribution < 1.29 is 5.11 Å². The normalized spacial score (nSPS) is 11.5. The first-order valence-electron chi connectivity index (χ1n) is 11.2. The van der Waals surface area contributed by atoms with E-state index < -0.39 is 0 Å². The first kappa shape index (κ1) is 23.9. The van der Waals surface area contributed by atoms with Gasteiger partial charge in [-0.05, 0) is 71.3 Å². The number of hydrogen-bond acceptors (Lipinski definition) is 1. The van der Waals surface area contributed by atoms with Crippen LogP contribution in [0.1, 0.15) is 27.8 Å². The lowest BCUT2D eigenvalue weighted by molar-refractivity contribution is 0.477. The molecule has 0 saturated heterocycles. The Kier molecular flexibility index (Phi) is 7.90. The van der Waals surface area contributed by atoms with Crippen LogP contribution in [0.4, 0.5) is 0 Å². The van der Waals surface area contributed by atoms with Crippen molar-refractivity contribution >= 4 is 35.4 Å².